The Morgan fingerprint density at radius 2 is 2.12 bits per heavy atom. The van der Waals surface area contributed by atoms with Crippen LogP contribution in [0.25, 0.3) is 0 Å². The zero-order chi connectivity index (χ0) is 17.5. The van der Waals surface area contributed by atoms with Crippen molar-refractivity contribution in [3.63, 3.8) is 0 Å². The summed E-state index contributed by atoms with van der Waals surface area (Å²) in [5, 5.41) is 0. The maximum atomic E-state index is 12.3. The number of carbonyl (C=O) groups is 1. The lowest BCUT2D eigenvalue weighted by atomic mass is 10.1. The Hall–Kier alpha value is -1.47. The predicted molar refractivity (Wildman–Crippen MR) is 96.1 cm³/mol. The predicted octanol–water partition coefficient (Wildman–Crippen LogP) is 2.85. The number of carbonyl (C=O) groups excluding carboxylic acids is 1. The van der Waals surface area contributed by atoms with Crippen molar-refractivity contribution in [2.24, 2.45) is 0 Å². The van der Waals surface area contributed by atoms with E-state index in [2.05, 4.69) is 20.8 Å². The first-order valence-corrected chi connectivity index (χ1v) is 8.95. The molecule has 0 aromatic heterocycles. The Balaban J connectivity index is 1.72. The van der Waals surface area contributed by atoms with Crippen LogP contribution in [0.5, 0.6) is 5.75 Å². The smallest absolute Gasteiger partial charge is 0.410 e. The average Bonchev–Trinajstić information content (AvgIpc) is 2.64. The van der Waals surface area contributed by atoms with E-state index in [4.69, 9.17) is 15.2 Å². The van der Waals surface area contributed by atoms with Gasteiger partial charge in [-0.3, -0.25) is 4.90 Å². The molecular weight excluding hydrogens is 374 g/mol. The first kappa shape index (κ1) is 17.4. The molecule has 6 nitrogen and oxygen atoms in total. The summed E-state index contributed by atoms with van der Waals surface area (Å²) >= 11 is 3.46. The van der Waals surface area contributed by atoms with Crippen LogP contribution in [0.4, 0.5) is 10.5 Å². The minimum atomic E-state index is -0.481. The lowest BCUT2D eigenvalue weighted by molar-refractivity contribution is -0.00152. The minimum absolute atomic E-state index is 0.136. The number of anilines is 1. The highest BCUT2D eigenvalue weighted by atomic mass is 79.9. The molecule has 1 amide bonds. The minimum Gasteiger partial charge on any atom is -0.491 e. The molecule has 2 aliphatic heterocycles. The van der Waals surface area contributed by atoms with Crippen LogP contribution >= 0.6 is 15.9 Å². The largest absolute Gasteiger partial charge is 0.491 e. The highest BCUT2D eigenvalue weighted by Gasteiger charge is 2.34. The maximum Gasteiger partial charge on any atom is 0.410 e. The van der Waals surface area contributed by atoms with Crippen molar-refractivity contribution >= 4 is 27.7 Å². The van der Waals surface area contributed by atoms with Crippen molar-refractivity contribution < 1.29 is 14.3 Å². The summed E-state index contributed by atoms with van der Waals surface area (Å²) in [6.07, 6.45) is -0.258. The standard InChI is InChI=1S/C17H24BrN3O3/c1-17(2,3)24-16(22)21-5-4-20-9-13-14(19)6-11(18)7-15(13)23-10-12(20)8-21/h6-7,12H,4-5,8-10,19H2,1-3H3/t12-/m1/s1. The highest BCUT2D eigenvalue weighted by molar-refractivity contribution is 9.10. The average molecular weight is 398 g/mol. The van der Waals surface area contributed by atoms with Crippen molar-refractivity contribution in [2.45, 2.75) is 39.0 Å². The van der Waals surface area contributed by atoms with Gasteiger partial charge in [0.1, 0.15) is 18.0 Å². The highest BCUT2D eigenvalue weighted by Crippen LogP contribution is 2.34. The van der Waals surface area contributed by atoms with Crippen molar-refractivity contribution in [3.05, 3.63) is 22.2 Å². The molecule has 1 aromatic rings. The Bertz CT molecular complexity index is 645. The van der Waals surface area contributed by atoms with Crippen LogP contribution in [0.15, 0.2) is 16.6 Å². The normalized spacial score (nSPS) is 21.3. The molecule has 1 atom stereocenters. The van der Waals surface area contributed by atoms with Crippen molar-refractivity contribution in [1.82, 2.24) is 9.80 Å². The fraction of sp³-hybridized carbons (Fsp3) is 0.588. The molecular formula is C17H24BrN3O3. The molecule has 0 spiro atoms. The Morgan fingerprint density at radius 3 is 2.83 bits per heavy atom. The second-order valence-electron chi connectivity index (χ2n) is 7.33. The molecule has 7 heteroatoms. The lowest BCUT2D eigenvalue weighted by Gasteiger charge is -2.40. The molecule has 132 valence electrons. The van der Waals surface area contributed by atoms with Crippen molar-refractivity contribution in [1.29, 1.82) is 0 Å². The topological polar surface area (TPSA) is 68.0 Å². The second-order valence-corrected chi connectivity index (χ2v) is 8.25. The quantitative estimate of drug-likeness (QED) is 0.681. The number of piperazine rings is 1. The summed E-state index contributed by atoms with van der Waals surface area (Å²) in [4.78, 5) is 16.4. The van der Waals surface area contributed by atoms with Crippen LogP contribution in [0, 0.1) is 0 Å². The van der Waals surface area contributed by atoms with Crippen LogP contribution in [0.3, 0.4) is 0 Å². The van der Waals surface area contributed by atoms with Gasteiger partial charge in [0.15, 0.2) is 0 Å². The first-order chi connectivity index (χ1) is 11.2. The van der Waals surface area contributed by atoms with Gasteiger partial charge in [0.25, 0.3) is 0 Å². The number of benzene rings is 1. The van der Waals surface area contributed by atoms with E-state index in [1.54, 1.807) is 4.90 Å². The molecule has 0 bridgehead atoms. The SMILES string of the molecule is CC(C)(C)OC(=O)N1CCN2Cc3c(N)cc(Br)cc3OC[C@H]2C1. The fourth-order valence-electron chi connectivity index (χ4n) is 3.07. The zero-order valence-corrected chi connectivity index (χ0v) is 15.9. The van der Waals surface area contributed by atoms with Crippen LogP contribution < -0.4 is 10.5 Å². The summed E-state index contributed by atoms with van der Waals surface area (Å²) in [6, 6.07) is 3.99. The molecule has 1 aromatic carbocycles. The van der Waals surface area contributed by atoms with Gasteiger partial charge in [0.05, 0.1) is 6.04 Å². The third-order valence-corrected chi connectivity index (χ3v) is 4.71. The fourth-order valence-corrected chi connectivity index (χ4v) is 3.52. The number of rotatable bonds is 0. The Labute approximate surface area is 151 Å². The molecule has 3 rings (SSSR count). The lowest BCUT2D eigenvalue weighted by Crippen LogP contribution is -2.56. The third-order valence-electron chi connectivity index (χ3n) is 4.26. The van der Waals surface area contributed by atoms with Gasteiger partial charge in [-0.05, 0) is 32.9 Å². The molecule has 0 saturated carbocycles. The van der Waals surface area contributed by atoms with E-state index in [1.807, 2.05) is 32.9 Å². The monoisotopic (exact) mass is 397 g/mol. The van der Waals surface area contributed by atoms with E-state index >= 15 is 0 Å². The van der Waals surface area contributed by atoms with Gasteiger partial charge in [-0.25, -0.2) is 4.79 Å². The summed E-state index contributed by atoms with van der Waals surface area (Å²) < 4.78 is 12.4. The molecule has 2 heterocycles. The van der Waals surface area contributed by atoms with Gasteiger partial charge in [-0.15, -0.1) is 0 Å². The summed E-state index contributed by atoms with van der Waals surface area (Å²) in [5.41, 5.74) is 7.43. The van der Waals surface area contributed by atoms with Crippen molar-refractivity contribution in [3.8, 4) is 5.75 Å². The molecule has 24 heavy (non-hydrogen) atoms. The number of halogens is 1. The number of fused-ring (bicyclic) bond motifs is 2. The molecule has 2 aliphatic rings. The first-order valence-electron chi connectivity index (χ1n) is 8.15. The van der Waals surface area contributed by atoms with E-state index in [1.165, 1.54) is 0 Å². The molecule has 1 saturated heterocycles. The van der Waals surface area contributed by atoms with Crippen LogP contribution in [-0.2, 0) is 11.3 Å². The maximum absolute atomic E-state index is 12.3. The summed E-state index contributed by atoms with van der Waals surface area (Å²) in [5.74, 6) is 0.820. The Morgan fingerprint density at radius 1 is 1.38 bits per heavy atom. The van der Waals surface area contributed by atoms with Gasteiger partial charge in [-0.2, -0.15) is 0 Å². The summed E-state index contributed by atoms with van der Waals surface area (Å²) in [6.45, 7) is 8.94. The van der Waals surface area contributed by atoms with Crippen LogP contribution in [0.1, 0.15) is 26.3 Å². The number of hydrogen-bond donors (Lipinski definition) is 1. The number of ether oxygens (including phenoxy) is 2. The van der Waals surface area contributed by atoms with E-state index in [9.17, 15) is 4.79 Å². The van der Waals surface area contributed by atoms with Gasteiger partial charge in [0.2, 0.25) is 0 Å². The number of nitrogens with two attached hydrogens (primary N) is 1. The van der Waals surface area contributed by atoms with Gasteiger partial charge in [-0.1, -0.05) is 15.9 Å². The second kappa shape index (κ2) is 6.44. The molecule has 0 radical (unpaired) electrons. The van der Waals surface area contributed by atoms with Crippen LogP contribution in [0.2, 0.25) is 0 Å². The zero-order valence-electron chi connectivity index (χ0n) is 14.3. The summed E-state index contributed by atoms with van der Waals surface area (Å²) in [7, 11) is 0. The molecule has 0 unspecified atom stereocenters. The van der Waals surface area contributed by atoms with E-state index in [-0.39, 0.29) is 12.1 Å². The van der Waals surface area contributed by atoms with Crippen molar-refractivity contribution in [2.75, 3.05) is 32.0 Å². The van der Waals surface area contributed by atoms with Crippen LogP contribution in [-0.4, -0.2) is 53.8 Å². The van der Waals surface area contributed by atoms with Gasteiger partial charge < -0.3 is 20.1 Å². The number of nitrogen functional groups attached to an aromatic ring is 1. The molecule has 2 N–H and O–H groups in total. The van der Waals surface area contributed by atoms with Gasteiger partial charge in [0, 0.05) is 41.9 Å². The van der Waals surface area contributed by atoms with E-state index in [0.29, 0.717) is 19.7 Å². The Kier molecular flexibility index (Phi) is 4.66. The number of amides is 1. The number of hydrogen-bond acceptors (Lipinski definition) is 5. The molecule has 1 fully saturated rings. The van der Waals surface area contributed by atoms with E-state index in [0.717, 1.165) is 34.6 Å². The molecule has 0 aliphatic carbocycles. The number of nitrogens with zero attached hydrogens (tertiary/aromatic N) is 2. The third kappa shape index (κ3) is 3.78. The van der Waals surface area contributed by atoms with Gasteiger partial charge >= 0.3 is 6.09 Å². The van der Waals surface area contributed by atoms with E-state index < -0.39 is 5.60 Å².